The molecule has 0 bridgehead atoms. The summed E-state index contributed by atoms with van der Waals surface area (Å²) in [4.78, 5) is 0. The van der Waals surface area contributed by atoms with Gasteiger partial charge in [0.05, 0.1) is 0 Å². The number of fused-ring (bicyclic) bond motifs is 1. The second kappa shape index (κ2) is 5.81. The van der Waals surface area contributed by atoms with Crippen LogP contribution in [0.3, 0.4) is 0 Å². The number of benzene rings is 1. The fourth-order valence-electron chi connectivity index (χ4n) is 2.36. The number of nitrogens with zero attached hydrogens (tertiary/aromatic N) is 1. The monoisotopic (exact) mass is 262 g/mol. The van der Waals surface area contributed by atoms with E-state index in [1.807, 2.05) is 11.8 Å². The zero-order chi connectivity index (χ0) is 13.1. The van der Waals surface area contributed by atoms with E-state index in [0.29, 0.717) is 5.25 Å². The van der Waals surface area contributed by atoms with Crippen LogP contribution in [0.1, 0.15) is 18.2 Å². The number of nitrogens with one attached hydrogen (secondary N) is 1. The fraction of sp³-hybridized carbons (Fsp3) is 0.467. The Bertz CT molecular complexity index is 492. The summed E-state index contributed by atoms with van der Waals surface area (Å²) in [5.74, 6) is 0. The van der Waals surface area contributed by atoms with Gasteiger partial charge < -0.3 is 9.88 Å². The van der Waals surface area contributed by atoms with Crippen LogP contribution in [0.25, 0.3) is 10.9 Å². The summed E-state index contributed by atoms with van der Waals surface area (Å²) >= 11 is 1.90. The van der Waals surface area contributed by atoms with E-state index in [1.54, 1.807) is 0 Å². The molecule has 0 aliphatic carbocycles. The zero-order valence-corrected chi connectivity index (χ0v) is 12.5. The highest BCUT2D eigenvalue weighted by Crippen LogP contribution is 2.24. The van der Waals surface area contributed by atoms with E-state index < -0.39 is 0 Å². The van der Waals surface area contributed by atoms with E-state index in [0.717, 1.165) is 13.1 Å². The molecule has 18 heavy (non-hydrogen) atoms. The average molecular weight is 262 g/mol. The molecule has 0 fully saturated rings. The third-order valence-electron chi connectivity index (χ3n) is 3.63. The predicted octanol–water partition coefficient (Wildman–Crippen LogP) is 3.33. The largest absolute Gasteiger partial charge is 0.346 e. The third kappa shape index (κ3) is 2.57. The Morgan fingerprint density at radius 2 is 2.06 bits per heavy atom. The van der Waals surface area contributed by atoms with Gasteiger partial charge in [0.15, 0.2) is 0 Å². The topological polar surface area (TPSA) is 17.0 Å². The van der Waals surface area contributed by atoms with Crippen molar-refractivity contribution < 1.29 is 0 Å². The Balaban J connectivity index is 2.18. The summed E-state index contributed by atoms with van der Waals surface area (Å²) in [5.41, 5.74) is 4.12. The van der Waals surface area contributed by atoms with Crippen molar-refractivity contribution in [1.29, 1.82) is 0 Å². The number of hydrogen-bond acceptors (Lipinski definition) is 2. The number of thioether (sulfide) groups is 1. The van der Waals surface area contributed by atoms with Crippen LogP contribution in [-0.4, -0.2) is 22.6 Å². The standard InChI is InChI=1S/C15H22N2S/c1-11(18-4)9-16-10-15-12(2)13-7-5-6-8-14(13)17(15)3/h5-8,11,16H,9-10H2,1-4H3. The van der Waals surface area contributed by atoms with E-state index in [2.05, 4.69) is 61.3 Å². The van der Waals surface area contributed by atoms with E-state index in [9.17, 15) is 0 Å². The van der Waals surface area contributed by atoms with Crippen molar-refractivity contribution in [1.82, 2.24) is 9.88 Å². The molecule has 2 nitrogen and oxygen atoms in total. The molecule has 2 rings (SSSR count). The van der Waals surface area contributed by atoms with Gasteiger partial charge in [0.25, 0.3) is 0 Å². The Morgan fingerprint density at radius 3 is 2.72 bits per heavy atom. The normalized spacial score (nSPS) is 13.1. The molecule has 2 aromatic rings. The molecule has 1 N–H and O–H groups in total. The Morgan fingerprint density at radius 1 is 1.33 bits per heavy atom. The lowest BCUT2D eigenvalue weighted by Gasteiger charge is -2.11. The smallest absolute Gasteiger partial charge is 0.0483 e. The second-order valence-electron chi connectivity index (χ2n) is 4.83. The van der Waals surface area contributed by atoms with Gasteiger partial charge in [-0.3, -0.25) is 0 Å². The van der Waals surface area contributed by atoms with Gasteiger partial charge in [-0.15, -0.1) is 0 Å². The van der Waals surface area contributed by atoms with Crippen LogP contribution in [-0.2, 0) is 13.6 Å². The van der Waals surface area contributed by atoms with Crippen LogP contribution in [0.15, 0.2) is 24.3 Å². The molecule has 3 heteroatoms. The van der Waals surface area contributed by atoms with E-state index >= 15 is 0 Å². The van der Waals surface area contributed by atoms with Gasteiger partial charge in [-0.1, -0.05) is 25.1 Å². The molecular weight excluding hydrogens is 240 g/mol. The molecule has 0 saturated heterocycles. The highest BCUT2D eigenvalue weighted by Gasteiger charge is 2.10. The maximum Gasteiger partial charge on any atom is 0.0483 e. The Kier molecular flexibility index (Phi) is 4.36. The zero-order valence-electron chi connectivity index (χ0n) is 11.7. The second-order valence-corrected chi connectivity index (χ2v) is 6.10. The minimum Gasteiger partial charge on any atom is -0.346 e. The van der Waals surface area contributed by atoms with Gasteiger partial charge in [0, 0.05) is 42.0 Å². The van der Waals surface area contributed by atoms with Crippen molar-refractivity contribution in [2.45, 2.75) is 25.6 Å². The summed E-state index contributed by atoms with van der Waals surface area (Å²) in [6.45, 7) is 6.48. The van der Waals surface area contributed by atoms with Gasteiger partial charge in [0.1, 0.15) is 0 Å². The number of aryl methyl sites for hydroxylation is 2. The lowest BCUT2D eigenvalue weighted by Crippen LogP contribution is -2.23. The SMILES string of the molecule is CSC(C)CNCc1c(C)c2ccccc2n1C. The molecule has 0 aliphatic heterocycles. The van der Waals surface area contributed by atoms with Gasteiger partial charge in [-0.05, 0) is 24.8 Å². The maximum absolute atomic E-state index is 3.55. The molecule has 1 aromatic carbocycles. The minimum atomic E-state index is 0.667. The first kappa shape index (κ1) is 13.5. The summed E-state index contributed by atoms with van der Waals surface area (Å²) in [6.07, 6.45) is 2.16. The van der Waals surface area contributed by atoms with E-state index in [1.165, 1.54) is 22.2 Å². The molecule has 0 amide bonds. The summed E-state index contributed by atoms with van der Waals surface area (Å²) < 4.78 is 2.31. The quantitative estimate of drug-likeness (QED) is 0.890. The van der Waals surface area contributed by atoms with Crippen molar-refractivity contribution in [2.24, 2.45) is 7.05 Å². The van der Waals surface area contributed by atoms with Crippen LogP contribution in [0.2, 0.25) is 0 Å². The van der Waals surface area contributed by atoms with Crippen molar-refractivity contribution in [3.63, 3.8) is 0 Å². The van der Waals surface area contributed by atoms with E-state index in [-0.39, 0.29) is 0 Å². The Labute approximate surface area is 114 Å². The van der Waals surface area contributed by atoms with Gasteiger partial charge in [-0.2, -0.15) is 11.8 Å². The number of para-hydroxylation sites is 1. The number of aromatic nitrogens is 1. The van der Waals surface area contributed by atoms with Crippen molar-refractivity contribution in [2.75, 3.05) is 12.8 Å². The lowest BCUT2D eigenvalue weighted by molar-refractivity contribution is 0.652. The molecular formula is C15H22N2S. The van der Waals surface area contributed by atoms with E-state index in [4.69, 9.17) is 0 Å². The first-order valence-electron chi connectivity index (χ1n) is 6.41. The van der Waals surface area contributed by atoms with Crippen LogP contribution >= 0.6 is 11.8 Å². The van der Waals surface area contributed by atoms with Crippen molar-refractivity contribution in [3.05, 3.63) is 35.5 Å². The minimum absolute atomic E-state index is 0.667. The van der Waals surface area contributed by atoms with Gasteiger partial charge >= 0.3 is 0 Å². The Hall–Kier alpha value is -0.930. The lowest BCUT2D eigenvalue weighted by atomic mass is 10.1. The van der Waals surface area contributed by atoms with Gasteiger partial charge in [0.2, 0.25) is 0 Å². The molecule has 0 radical (unpaired) electrons. The summed E-state index contributed by atoms with van der Waals surface area (Å²) in [5, 5.41) is 5.59. The van der Waals surface area contributed by atoms with Gasteiger partial charge in [-0.25, -0.2) is 0 Å². The number of rotatable bonds is 5. The predicted molar refractivity (Wildman–Crippen MR) is 82.3 cm³/mol. The highest BCUT2D eigenvalue weighted by atomic mass is 32.2. The molecule has 98 valence electrons. The molecule has 1 unspecified atom stereocenters. The maximum atomic E-state index is 3.55. The molecule has 1 atom stereocenters. The average Bonchev–Trinajstić information content (AvgIpc) is 2.64. The fourth-order valence-corrected chi connectivity index (χ4v) is 2.65. The highest BCUT2D eigenvalue weighted by molar-refractivity contribution is 7.99. The summed E-state index contributed by atoms with van der Waals surface area (Å²) in [7, 11) is 2.16. The molecule has 0 spiro atoms. The molecule has 0 saturated carbocycles. The van der Waals surface area contributed by atoms with Crippen LogP contribution in [0.4, 0.5) is 0 Å². The van der Waals surface area contributed by atoms with Crippen molar-refractivity contribution in [3.8, 4) is 0 Å². The first-order valence-corrected chi connectivity index (χ1v) is 7.70. The van der Waals surface area contributed by atoms with Crippen LogP contribution < -0.4 is 5.32 Å². The third-order valence-corrected chi connectivity index (χ3v) is 4.61. The van der Waals surface area contributed by atoms with Crippen LogP contribution in [0.5, 0.6) is 0 Å². The molecule has 1 heterocycles. The summed E-state index contributed by atoms with van der Waals surface area (Å²) in [6, 6.07) is 8.62. The first-order chi connectivity index (χ1) is 8.65. The number of hydrogen-bond donors (Lipinski definition) is 1. The van der Waals surface area contributed by atoms with Crippen LogP contribution in [0, 0.1) is 6.92 Å². The molecule has 1 aromatic heterocycles. The van der Waals surface area contributed by atoms with Crippen molar-refractivity contribution >= 4 is 22.7 Å². The molecule has 0 aliphatic rings.